The van der Waals surface area contributed by atoms with Gasteiger partial charge in [-0.3, -0.25) is 9.59 Å². The molecule has 1 unspecified atom stereocenters. The van der Waals surface area contributed by atoms with Crippen LogP contribution >= 0.6 is 0 Å². The molecule has 0 bridgehead atoms. The zero-order valence-corrected chi connectivity index (χ0v) is 12.6. The Morgan fingerprint density at radius 3 is 2.62 bits per heavy atom. The third-order valence-electron chi connectivity index (χ3n) is 4.44. The third-order valence-corrected chi connectivity index (χ3v) is 4.44. The number of carboxylic acid groups (broad SMARTS) is 1. The molecule has 0 saturated heterocycles. The van der Waals surface area contributed by atoms with Gasteiger partial charge in [-0.1, -0.05) is 43.2 Å². The lowest BCUT2D eigenvalue weighted by atomic mass is 9.95. The molecule has 4 heteroatoms. The monoisotopic (exact) mass is 289 g/mol. The summed E-state index contributed by atoms with van der Waals surface area (Å²) in [6.07, 6.45) is 2.24. The number of amides is 1. The molecule has 0 spiro atoms. The fourth-order valence-corrected chi connectivity index (χ4v) is 3.18. The summed E-state index contributed by atoms with van der Waals surface area (Å²) in [5.74, 6) is -1.55. The van der Waals surface area contributed by atoms with E-state index in [1.807, 2.05) is 31.2 Å². The van der Waals surface area contributed by atoms with Gasteiger partial charge in [-0.05, 0) is 31.2 Å². The van der Waals surface area contributed by atoms with Crippen molar-refractivity contribution in [1.29, 1.82) is 0 Å². The van der Waals surface area contributed by atoms with Crippen molar-refractivity contribution in [2.45, 2.75) is 39.7 Å². The van der Waals surface area contributed by atoms with Crippen LogP contribution in [0.3, 0.4) is 0 Å². The van der Waals surface area contributed by atoms with Crippen LogP contribution in [0.4, 0.5) is 0 Å². The predicted molar refractivity (Wildman–Crippen MR) is 80.7 cm³/mol. The van der Waals surface area contributed by atoms with E-state index in [4.69, 9.17) is 0 Å². The quantitative estimate of drug-likeness (QED) is 0.876. The molecule has 1 saturated carbocycles. The Bertz CT molecular complexity index is 527. The third kappa shape index (κ3) is 3.84. The highest BCUT2D eigenvalue weighted by molar-refractivity contribution is 5.85. The summed E-state index contributed by atoms with van der Waals surface area (Å²) >= 11 is 0. The number of nitrogens with one attached hydrogen (secondary N) is 1. The molecule has 2 rings (SSSR count). The van der Waals surface area contributed by atoms with Crippen molar-refractivity contribution in [3.8, 4) is 0 Å². The minimum absolute atomic E-state index is 0.125. The second-order valence-corrected chi connectivity index (χ2v) is 6.00. The van der Waals surface area contributed by atoms with Gasteiger partial charge in [-0.15, -0.1) is 0 Å². The predicted octanol–water partition coefficient (Wildman–Crippen LogP) is 2.75. The molecular formula is C17H23NO3. The number of aliphatic carboxylic acids is 1. The van der Waals surface area contributed by atoms with Gasteiger partial charge in [-0.2, -0.15) is 0 Å². The van der Waals surface area contributed by atoms with Gasteiger partial charge >= 0.3 is 5.97 Å². The van der Waals surface area contributed by atoms with Gasteiger partial charge in [0.15, 0.2) is 0 Å². The SMILES string of the molecule is CCC1C[C@H](C(=O)NCc2cccc(C)c2)[C@H](C(=O)O)C1. The van der Waals surface area contributed by atoms with Crippen LogP contribution in [0.15, 0.2) is 24.3 Å². The molecule has 3 atom stereocenters. The zero-order valence-electron chi connectivity index (χ0n) is 12.6. The van der Waals surface area contributed by atoms with Gasteiger partial charge in [0.1, 0.15) is 0 Å². The highest BCUT2D eigenvalue weighted by atomic mass is 16.4. The van der Waals surface area contributed by atoms with Crippen LogP contribution in [0.2, 0.25) is 0 Å². The maximum absolute atomic E-state index is 12.3. The van der Waals surface area contributed by atoms with Crippen molar-refractivity contribution in [2.24, 2.45) is 17.8 Å². The summed E-state index contributed by atoms with van der Waals surface area (Å²) in [4.78, 5) is 23.6. The second kappa shape index (κ2) is 6.74. The largest absolute Gasteiger partial charge is 0.481 e. The maximum Gasteiger partial charge on any atom is 0.307 e. The Morgan fingerprint density at radius 2 is 2.00 bits per heavy atom. The van der Waals surface area contributed by atoms with Gasteiger partial charge in [0.25, 0.3) is 0 Å². The van der Waals surface area contributed by atoms with Crippen LogP contribution in [-0.2, 0) is 16.1 Å². The van der Waals surface area contributed by atoms with Crippen molar-refractivity contribution in [1.82, 2.24) is 5.32 Å². The molecule has 1 aliphatic rings. The van der Waals surface area contributed by atoms with E-state index in [0.717, 1.165) is 17.5 Å². The van der Waals surface area contributed by atoms with Crippen molar-refractivity contribution in [2.75, 3.05) is 0 Å². The molecule has 21 heavy (non-hydrogen) atoms. The van der Waals surface area contributed by atoms with E-state index < -0.39 is 17.8 Å². The van der Waals surface area contributed by atoms with Crippen LogP contribution in [0.5, 0.6) is 0 Å². The number of carbonyl (C=O) groups is 2. The van der Waals surface area contributed by atoms with Crippen LogP contribution in [0.1, 0.15) is 37.3 Å². The highest BCUT2D eigenvalue weighted by Crippen LogP contribution is 2.38. The Morgan fingerprint density at radius 1 is 1.29 bits per heavy atom. The molecule has 0 aliphatic heterocycles. The van der Waals surface area contributed by atoms with E-state index >= 15 is 0 Å². The number of aryl methyl sites for hydroxylation is 1. The molecule has 1 aromatic carbocycles. The summed E-state index contributed by atoms with van der Waals surface area (Å²) < 4.78 is 0. The molecule has 0 aromatic heterocycles. The normalized spacial score (nSPS) is 24.8. The lowest BCUT2D eigenvalue weighted by Gasteiger charge is -2.15. The van der Waals surface area contributed by atoms with E-state index in [-0.39, 0.29) is 5.91 Å². The minimum Gasteiger partial charge on any atom is -0.481 e. The highest BCUT2D eigenvalue weighted by Gasteiger charge is 2.41. The standard InChI is InChI=1S/C17H23NO3/c1-3-12-8-14(15(9-12)17(20)21)16(19)18-10-13-6-4-5-11(2)7-13/h4-7,12,14-15H,3,8-10H2,1-2H3,(H,18,19)(H,20,21)/t12?,14-,15+/m0/s1. The van der Waals surface area contributed by atoms with Crippen LogP contribution < -0.4 is 5.32 Å². The van der Waals surface area contributed by atoms with Crippen molar-refractivity contribution in [3.63, 3.8) is 0 Å². The fraction of sp³-hybridized carbons (Fsp3) is 0.529. The average Bonchev–Trinajstić information content (AvgIpc) is 2.89. The molecule has 4 nitrogen and oxygen atoms in total. The van der Waals surface area contributed by atoms with Gasteiger partial charge in [-0.25, -0.2) is 0 Å². The lowest BCUT2D eigenvalue weighted by Crippen LogP contribution is -2.34. The van der Waals surface area contributed by atoms with Crippen molar-refractivity contribution < 1.29 is 14.7 Å². The summed E-state index contributed by atoms with van der Waals surface area (Å²) in [6, 6.07) is 7.96. The zero-order chi connectivity index (χ0) is 15.4. The van der Waals surface area contributed by atoms with Gasteiger partial charge < -0.3 is 10.4 Å². The lowest BCUT2D eigenvalue weighted by molar-refractivity contribution is -0.146. The topological polar surface area (TPSA) is 66.4 Å². The summed E-state index contributed by atoms with van der Waals surface area (Å²) in [5.41, 5.74) is 2.19. The minimum atomic E-state index is -0.846. The van der Waals surface area contributed by atoms with Crippen LogP contribution in [0, 0.1) is 24.7 Å². The van der Waals surface area contributed by atoms with Gasteiger partial charge in [0.05, 0.1) is 11.8 Å². The van der Waals surface area contributed by atoms with E-state index in [0.29, 0.717) is 25.3 Å². The summed E-state index contributed by atoms with van der Waals surface area (Å²) in [6.45, 7) is 4.52. The Kier molecular flexibility index (Phi) is 4.99. The number of benzene rings is 1. The first-order chi connectivity index (χ1) is 10.0. The molecule has 1 fully saturated rings. The molecule has 114 valence electrons. The molecule has 1 aliphatic carbocycles. The van der Waals surface area contributed by atoms with E-state index in [9.17, 15) is 14.7 Å². The number of hydrogen-bond donors (Lipinski definition) is 2. The first-order valence-corrected chi connectivity index (χ1v) is 7.57. The number of carboxylic acids is 1. The molecule has 1 aromatic rings. The maximum atomic E-state index is 12.3. The fourth-order valence-electron chi connectivity index (χ4n) is 3.18. The average molecular weight is 289 g/mol. The van der Waals surface area contributed by atoms with E-state index in [1.54, 1.807) is 0 Å². The molecular weight excluding hydrogens is 266 g/mol. The van der Waals surface area contributed by atoms with Crippen LogP contribution in [-0.4, -0.2) is 17.0 Å². The first kappa shape index (κ1) is 15.5. The van der Waals surface area contributed by atoms with Crippen LogP contribution in [0.25, 0.3) is 0 Å². The van der Waals surface area contributed by atoms with E-state index in [1.165, 1.54) is 0 Å². The van der Waals surface area contributed by atoms with Gasteiger partial charge in [0, 0.05) is 6.54 Å². The molecule has 0 radical (unpaired) electrons. The molecule has 1 amide bonds. The Balaban J connectivity index is 1.97. The number of carbonyl (C=O) groups excluding carboxylic acids is 1. The second-order valence-electron chi connectivity index (χ2n) is 6.00. The number of rotatable bonds is 5. The smallest absolute Gasteiger partial charge is 0.307 e. The molecule has 0 heterocycles. The first-order valence-electron chi connectivity index (χ1n) is 7.57. The van der Waals surface area contributed by atoms with Gasteiger partial charge in [0.2, 0.25) is 5.91 Å². The Labute approximate surface area is 125 Å². The number of hydrogen-bond acceptors (Lipinski definition) is 2. The van der Waals surface area contributed by atoms with E-state index in [2.05, 4.69) is 12.2 Å². The van der Waals surface area contributed by atoms with Crippen molar-refractivity contribution in [3.05, 3.63) is 35.4 Å². The summed E-state index contributed by atoms with van der Waals surface area (Å²) in [7, 11) is 0. The van der Waals surface area contributed by atoms with Crippen molar-refractivity contribution >= 4 is 11.9 Å². The summed E-state index contributed by atoms with van der Waals surface area (Å²) in [5, 5.41) is 12.2. The Hall–Kier alpha value is -1.84. The molecule has 2 N–H and O–H groups in total.